The zero-order valence-corrected chi connectivity index (χ0v) is 14.8. The summed E-state index contributed by atoms with van der Waals surface area (Å²) in [6.07, 6.45) is 6.00. The summed E-state index contributed by atoms with van der Waals surface area (Å²) in [7, 11) is 1.82. The maximum absolute atomic E-state index is 14.4. The molecule has 0 saturated heterocycles. The third-order valence-corrected chi connectivity index (χ3v) is 4.35. The van der Waals surface area contributed by atoms with Gasteiger partial charge in [0.2, 0.25) is 0 Å². The Morgan fingerprint density at radius 3 is 2.85 bits per heavy atom. The van der Waals surface area contributed by atoms with Crippen molar-refractivity contribution in [3.63, 3.8) is 0 Å². The van der Waals surface area contributed by atoms with Crippen LogP contribution in [0.5, 0.6) is 0 Å². The van der Waals surface area contributed by atoms with E-state index in [9.17, 15) is 4.39 Å². The van der Waals surface area contributed by atoms with Crippen LogP contribution in [0.1, 0.15) is 18.1 Å². The summed E-state index contributed by atoms with van der Waals surface area (Å²) in [4.78, 5) is 6.58. The van der Waals surface area contributed by atoms with Gasteiger partial charge in [-0.25, -0.2) is 9.38 Å². The minimum Gasteiger partial charge on any atom is -0.387 e. The highest BCUT2D eigenvalue weighted by molar-refractivity contribution is 5.99. The molecule has 1 aromatic rings. The zero-order chi connectivity index (χ0) is 18.8. The van der Waals surface area contributed by atoms with Crippen LogP contribution in [0.25, 0.3) is 0 Å². The quantitative estimate of drug-likeness (QED) is 0.899. The Morgan fingerprint density at radius 2 is 2.15 bits per heavy atom. The van der Waals surface area contributed by atoms with Crippen LogP contribution in [0.3, 0.4) is 0 Å². The Labute approximate surface area is 152 Å². The average molecular weight is 346 g/mol. The van der Waals surface area contributed by atoms with E-state index in [0.717, 1.165) is 22.7 Å². The summed E-state index contributed by atoms with van der Waals surface area (Å²) >= 11 is 0. The Hall–Kier alpha value is -3.39. The van der Waals surface area contributed by atoms with E-state index in [2.05, 4.69) is 23.5 Å². The van der Waals surface area contributed by atoms with E-state index in [1.165, 1.54) is 6.07 Å². The number of halogens is 1. The van der Waals surface area contributed by atoms with Gasteiger partial charge in [0.1, 0.15) is 17.7 Å². The molecule has 0 bridgehead atoms. The van der Waals surface area contributed by atoms with Crippen molar-refractivity contribution in [3.05, 3.63) is 94.9 Å². The summed E-state index contributed by atoms with van der Waals surface area (Å²) < 4.78 is 14.4. The number of rotatable bonds is 4. The van der Waals surface area contributed by atoms with E-state index in [-0.39, 0.29) is 12.0 Å². The average Bonchev–Trinajstić information content (AvgIpc) is 2.63. The van der Waals surface area contributed by atoms with Crippen LogP contribution in [-0.2, 0) is 6.42 Å². The standard InChI is InChI=1S/C21H19FN4/c1-13-8-9-19-25-18(10-14(2)26(19)21(13)15(3)24-4)11-16-6-5-7-17(12-23)20(16)22/h5-10,24H,2-3,11H2,1,4H3. The first-order valence-corrected chi connectivity index (χ1v) is 8.18. The lowest BCUT2D eigenvalue weighted by Crippen LogP contribution is -2.35. The minimum atomic E-state index is -0.497. The second-order valence-corrected chi connectivity index (χ2v) is 6.09. The molecule has 130 valence electrons. The molecule has 0 aromatic heterocycles. The van der Waals surface area contributed by atoms with Gasteiger partial charge in [-0.3, -0.25) is 4.90 Å². The molecule has 0 atom stereocenters. The molecule has 0 fully saturated rings. The molecular weight excluding hydrogens is 327 g/mol. The van der Waals surface area contributed by atoms with Crippen molar-refractivity contribution in [2.24, 2.45) is 4.99 Å². The largest absolute Gasteiger partial charge is 0.387 e. The molecule has 0 radical (unpaired) electrons. The van der Waals surface area contributed by atoms with Gasteiger partial charge in [0.05, 0.1) is 17.0 Å². The molecule has 3 rings (SSSR count). The number of benzene rings is 1. The van der Waals surface area contributed by atoms with Crippen molar-refractivity contribution in [2.75, 3.05) is 7.05 Å². The molecule has 0 unspecified atom stereocenters. The van der Waals surface area contributed by atoms with Crippen LogP contribution in [0, 0.1) is 17.1 Å². The number of nitrogens with zero attached hydrogens (tertiary/aromatic N) is 3. The van der Waals surface area contributed by atoms with Gasteiger partial charge in [0.15, 0.2) is 0 Å². The molecular formula is C21H19FN4. The van der Waals surface area contributed by atoms with Gasteiger partial charge in [-0.2, -0.15) is 5.26 Å². The number of amidine groups is 1. The predicted molar refractivity (Wildman–Crippen MR) is 101 cm³/mol. The molecule has 0 amide bonds. The summed E-state index contributed by atoms with van der Waals surface area (Å²) in [6.45, 7) is 10.2. The summed E-state index contributed by atoms with van der Waals surface area (Å²) in [5.74, 6) is 0.213. The molecule has 1 aromatic carbocycles. The number of nitrogens with one attached hydrogen (secondary N) is 1. The number of hydrogen-bond donors (Lipinski definition) is 1. The number of nitriles is 1. The number of hydrogen-bond acceptors (Lipinski definition) is 4. The molecule has 26 heavy (non-hydrogen) atoms. The molecule has 0 saturated carbocycles. The molecule has 0 spiro atoms. The van der Waals surface area contributed by atoms with Gasteiger partial charge >= 0.3 is 0 Å². The second-order valence-electron chi connectivity index (χ2n) is 6.09. The predicted octanol–water partition coefficient (Wildman–Crippen LogP) is 3.93. The van der Waals surface area contributed by atoms with E-state index in [4.69, 9.17) is 5.26 Å². The van der Waals surface area contributed by atoms with Crippen molar-refractivity contribution in [1.82, 2.24) is 10.2 Å². The van der Waals surface area contributed by atoms with Gasteiger partial charge in [0, 0.05) is 24.9 Å². The molecule has 2 aliphatic rings. The number of allylic oxidation sites excluding steroid dienone is 4. The summed E-state index contributed by atoms with van der Waals surface area (Å²) in [5, 5.41) is 12.1. The van der Waals surface area contributed by atoms with Gasteiger partial charge < -0.3 is 5.32 Å². The summed E-state index contributed by atoms with van der Waals surface area (Å²) in [6, 6.07) is 6.68. The molecule has 2 heterocycles. The molecule has 1 N–H and O–H groups in total. The highest BCUT2D eigenvalue weighted by atomic mass is 19.1. The molecule has 5 heteroatoms. The van der Waals surface area contributed by atoms with Crippen LogP contribution in [0.2, 0.25) is 0 Å². The fraction of sp³-hybridized carbons (Fsp3) is 0.143. The first-order chi connectivity index (χ1) is 12.5. The normalized spacial score (nSPS) is 15.9. The number of aliphatic imine (C=N–C) groups is 1. The molecule has 2 aliphatic heterocycles. The maximum atomic E-state index is 14.4. The van der Waals surface area contributed by atoms with Crippen molar-refractivity contribution in [2.45, 2.75) is 13.3 Å². The first-order valence-electron chi connectivity index (χ1n) is 8.18. The van der Waals surface area contributed by atoms with Crippen LogP contribution in [0.4, 0.5) is 4.39 Å². The van der Waals surface area contributed by atoms with Crippen molar-refractivity contribution >= 4 is 5.84 Å². The minimum absolute atomic E-state index is 0.0377. The lowest BCUT2D eigenvalue weighted by atomic mass is 10.0. The van der Waals surface area contributed by atoms with Crippen molar-refractivity contribution in [1.29, 1.82) is 5.26 Å². The topological polar surface area (TPSA) is 51.4 Å². The monoisotopic (exact) mass is 346 g/mol. The van der Waals surface area contributed by atoms with Crippen LogP contribution >= 0.6 is 0 Å². The van der Waals surface area contributed by atoms with Crippen molar-refractivity contribution < 1.29 is 4.39 Å². The van der Waals surface area contributed by atoms with Crippen molar-refractivity contribution in [3.8, 4) is 6.07 Å². The van der Waals surface area contributed by atoms with Crippen LogP contribution in [-0.4, -0.2) is 17.8 Å². The van der Waals surface area contributed by atoms with E-state index >= 15 is 0 Å². The Bertz CT molecular complexity index is 970. The molecule has 0 aliphatic carbocycles. The smallest absolute Gasteiger partial charge is 0.144 e. The fourth-order valence-electron chi connectivity index (χ4n) is 3.04. The Balaban J connectivity index is 1.95. The van der Waals surface area contributed by atoms with Crippen LogP contribution in [0.15, 0.2) is 82.9 Å². The Kier molecular flexibility index (Phi) is 4.59. The zero-order valence-electron chi connectivity index (χ0n) is 14.8. The Morgan fingerprint density at radius 1 is 1.38 bits per heavy atom. The SMILES string of the molecule is C=C(NC)C1=C(C)C=CC2=NC(Cc3cccc(C#N)c3F)=CC(=C)N21. The van der Waals surface area contributed by atoms with Gasteiger partial charge in [-0.1, -0.05) is 31.4 Å². The van der Waals surface area contributed by atoms with Gasteiger partial charge in [0.25, 0.3) is 0 Å². The number of fused-ring (bicyclic) bond motifs is 1. The fourth-order valence-corrected chi connectivity index (χ4v) is 3.04. The highest BCUT2D eigenvalue weighted by Gasteiger charge is 2.26. The van der Waals surface area contributed by atoms with E-state index in [1.54, 1.807) is 12.1 Å². The van der Waals surface area contributed by atoms with Gasteiger partial charge in [-0.15, -0.1) is 0 Å². The van der Waals surface area contributed by atoms with Gasteiger partial charge in [-0.05, 0) is 36.3 Å². The highest BCUT2D eigenvalue weighted by Crippen LogP contribution is 2.31. The first kappa shape index (κ1) is 17.4. The lowest BCUT2D eigenvalue weighted by Gasteiger charge is -2.35. The lowest BCUT2D eigenvalue weighted by molar-refractivity contribution is 0.605. The third kappa shape index (κ3) is 2.98. The van der Waals surface area contributed by atoms with Crippen LogP contribution < -0.4 is 5.32 Å². The van der Waals surface area contributed by atoms with E-state index in [0.29, 0.717) is 17.1 Å². The third-order valence-electron chi connectivity index (χ3n) is 4.35. The summed E-state index contributed by atoms with van der Waals surface area (Å²) in [5.41, 5.74) is 4.62. The maximum Gasteiger partial charge on any atom is 0.144 e. The number of likely N-dealkylation sites (N-methyl/N-ethyl adjacent to an activating group) is 1. The molecule has 4 nitrogen and oxygen atoms in total. The second kappa shape index (κ2) is 6.85. The van der Waals surface area contributed by atoms with E-state index in [1.807, 2.05) is 43.2 Å². The van der Waals surface area contributed by atoms with E-state index < -0.39 is 5.82 Å².